The number of hydrogen-bond donors (Lipinski definition) is 0. The summed E-state index contributed by atoms with van der Waals surface area (Å²) in [5.74, 6) is -1.53. The number of rotatable bonds is 10. The number of ether oxygens (including phenoxy) is 3. The van der Waals surface area contributed by atoms with E-state index >= 15 is 0 Å². The Balaban J connectivity index is 2.01. The van der Waals surface area contributed by atoms with E-state index in [4.69, 9.17) is 14.2 Å². The fourth-order valence-corrected chi connectivity index (χ4v) is 5.03. The highest BCUT2D eigenvalue weighted by molar-refractivity contribution is 5.95. The number of aryl methyl sites for hydroxylation is 1. The predicted octanol–water partition coefficient (Wildman–Crippen LogP) is 4.50. The molecule has 1 aromatic heterocycles. The molecule has 0 bridgehead atoms. The molecule has 40 heavy (non-hydrogen) atoms. The van der Waals surface area contributed by atoms with Crippen LogP contribution in [0.2, 0.25) is 0 Å². The van der Waals surface area contributed by atoms with Crippen molar-refractivity contribution in [3.05, 3.63) is 29.8 Å². The molecule has 0 spiro atoms. The molecular weight excluding hydrogens is 519 g/mol. The summed E-state index contributed by atoms with van der Waals surface area (Å²) in [5.41, 5.74) is 0.338. The highest BCUT2D eigenvalue weighted by Gasteiger charge is 2.41. The zero-order chi connectivity index (χ0) is 29.6. The van der Waals surface area contributed by atoms with Crippen LogP contribution in [0.25, 0.3) is 11.0 Å². The monoisotopic (exact) mass is 562 g/mol. The third-order valence-electron chi connectivity index (χ3n) is 6.76. The number of carbonyl (C=O) groups excluding carboxylic acids is 3. The molecule has 1 unspecified atom stereocenters. The zero-order valence-electron chi connectivity index (χ0n) is 24.7. The Bertz CT molecular complexity index is 1190. The van der Waals surface area contributed by atoms with Gasteiger partial charge in [0.1, 0.15) is 11.4 Å². The molecule has 2 heterocycles. The average Bonchev–Trinajstić information content (AvgIpc) is 3.25. The van der Waals surface area contributed by atoms with Gasteiger partial charge in [-0.25, -0.2) is 14.2 Å². The van der Waals surface area contributed by atoms with Crippen molar-refractivity contribution in [1.82, 2.24) is 19.4 Å². The average molecular weight is 563 g/mol. The van der Waals surface area contributed by atoms with Crippen LogP contribution in [0.4, 0.5) is 9.18 Å². The number of nitrogens with zero attached hydrogens (tertiary/aromatic N) is 4. The first-order chi connectivity index (χ1) is 18.8. The third kappa shape index (κ3) is 7.93. The standard InChI is InChI=1S/C29H43FN4O6/c1-19(2)16-34(22-14-20(27(36)39-7)17-32(18-22)28(37)40-29(3,4)5)26(35)25-31-23-11-10-21(30)15-24(23)33(25)12-8-9-13-38-6/h10-11,15,19-20,22H,8-9,12-14,16-18H2,1-7H3/t20?,22-/m0/s1. The van der Waals surface area contributed by atoms with Crippen LogP contribution in [-0.4, -0.2) is 89.4 Å². The van der Waals surface area contributed by atoms with E-state index in [0.29, 0.717) is 43.6 Å². The summed E-state index contributed by atoms with van der Waals surface area (Å²) in [6.07, 6.45) is 1.25. The summed E-state index contributed by atoms with van der Waals surface area (Å²) >= 11 is 0. The van der Waals surface area contributed by atoms with Gasteiger partial charge in [0.05, 0.1) is 30.1 Å². The van der Waals surface area contributed by atoms with Crippen molar-refractivity contribution in [3.8, 4) is 0 Å². The Morgan fingerprint density at radius 2 is 1.88 bits per heavy atom. The molecule has 2 atom stereocenters. The van der Waals surface area contributed by atoms with E-state index < -0.39 is 35.4 Å². The SMILES string of the molecule is COCCCCn1c(C(=O)N(CC(C)C)[C@H]2CC(C(=O)OC)CN(C(=O)OC(C)(C)C)C2)nc2ccc(F)cc21. The van der Waals surface area contributed by atoms with E-state index in [2.05, 4.69) is 4.98 Å². The molecule has 0 radical (unpaired) electrons. The van der Waals surface area contributed by atoms with Crippen molar-refractivity contribution >= 4 is 29.0 Å². The molecule has 0 N–H and O–H groups in total. The number of piperidine rings is 1. The highest BCUT2D eigenvalue weighted by atomic mass is 19.1. The second-order valence-electron chi connectivity index (χ2n) is 11.8. The summed E-state index contributed by atoms with van der Waals surface area (Å²) in [7, 11) is 2.94. The Morgan fingerprint density at radius 3 is 2.50 bits per heavy atom. The topological polar surface area (TPSA) is 103 Å². The van der Waals surface area contributed by atoms with Crippen molar-refractivity contribution in [2.45, 2.75) is 72.1 Å². The lowest BCUT2D eigenvalue weighted by Crippen LogP contribution is -2.57. The number of halogens is 1. The maximum Gasteiger partial charge on any atom is 0.410 e. The van der Waals surface area contributed by atoms with E-state index in [1.807, 2.05) is 13.8 Å². The molecule has 2 aromatic rings. The number of amides is 2. The third-order valence-corrected chi connectivity index (χ3v) is 6.76. The van der Waals surface area contributed by atoms with Gasteiger partial charge in [0.25, 0.3) is 5.91 Å². The molecule has 2 amide bonds. The van der Waals surface area contributed by atoms with Crippen LogP contribution in [0.15, 0.2) is 18.2 Å². The lowest BCUT2D eigenvalue weighted by Gasteiger charge is -2.42. The van der Waals surface area contributed by atoms with Gasteiger partial charge in [-0.05, 0) is 64.2 Å². The minimum absolute atomic E-state index is 0.0920. The number of hydrogen-bond acceptors (Lipinski definition) is 7. The molecule has 3 rings (SSSR count). The zero-order valence-corrected chi connectivity index (χ0v) is 24.7. The number of benzene rings is 1. The van der Waals surface area contributed by atoms with E-state index in [1.54, 1.807) is 43.4 Å². The van der Waals surface area contributed by atoms with Crippen molar-refractivity contribution in [2.24, 2.45) is 11.8 Å². The van der Waals surface area contributed by atoms with Crippen LogP contribution in [0.1, 0.15) is 64.5 Å². The predicted molar refractivity (Wildman–Crippen MR) is 148 cm³/mol. The first-order valence-corrected chi connectivity index (χ1v) is 13.9. The molecule has 1 aromatic carbocycles. The Labute approximate surface area is 235 Å². The van der Waals surface area contributed by atoms with Gasteiger partial charge in [-0.1, -0.05) is 13.8 Å². The Hall–Kier alpha value is -3.21. The van der Waals surface area contributed by atoms with Crippen LogP contribution in [0.3, 0.4) is 0 Å². The fourth-order valence-electron chi connectivity index (χ4n) is 5.03. The first kappa shape index (κ1) is 31.3. The van der Waals surface area contributed by atoms with Crippen LogP contribution < -0.4 is 0 Å². The summed E-state index contributed by atoms with van der Waals surface area (Å²) in [6.45, 7) is 11.1. The summed E-state index contributed by atoms with van der Waals surface area (Å²) in [5, 5.41) is 0. The smallest absolute Gasteiger partial charge is 0.410 e. The lowest BCUT2D eigenvalue weighted by atomic mass is 9.92. The van der Waals surface area contributed by atoms with Gasteiger partial charge in [-0.3, -0.25) is 9.59 Å². The van der Waals surface area contributed by atoms with Crippen molar-refractivity contribution in [3.63, 3.8) is 0 Å². The maximum atomic E-state index is 14.3. The van der Waals surface area contributed by atoms with E-state index in [0.717, 1.165) is 6.42 Å². The largest absolute Gasteiger partial charge is 0.469 e. The number of unbranched alkanes of at least 4 members (excludes halogenated alkanes) is 1. The fraction of sp³-hybridized carbons (Fsp3) is 0.655. The number of fused-ring (bicyclic) bond motifs is 1. The Morgan fingerprint density at radius 1 is 1.15 bits per heavy atom. The van der Waals surface area contributed by atoms with Gasteiger partial charge >= 0.3 is 12.1 Å². The minimum atomic E-state index is -0.721. The molecule has 0 aliphatic carbocycles. The first-order valence-electron chi connectivity index (χ1n) is 13.9. The quantitative estimate of drug-likeness (QED) is 0.310. The van der Waals surface area contributed by atoms with Gasteiger partial charge < -0.3 is 28.6 Å². The van der Waals surface area contributed by atoms with Crippen LogP contribution >= 0.6 is 0 Å². The highest BCUT2D eigenvalue weighted by Crippen LogP contribution is 2.27. The molecular formula is C29H43FN4O6. The van der Waals surface area contributed by atoms with E-state index in [-0.39, 0.29) is 30.7 Å². The van der Waals surface area contributed by atoms with Crippen LogP contribution in [0, 0.1) is 17.7 Å². The second kappa shape index (κ2) is 13.4. The summed E-state index contributed by atoms with van der Waals surface area (Å²) < 4.78 is 31.8. The van der Waals surface area contributed by atoms with E-state index in [1.165, 1.54) is 24.1 Å². The number of esters is 1. The molecule has 1 saturated heterocycles. The number of likely N-dealkylation sites (tertiary alicyclic amines) is 1. The second-order valence-corrected chi connectivity index (χ2v) is 11.8. The lowest BCUT2D eigenvalue weighted by molar-refractivity contribution is -0.148. The number of aromatic nitrogens is 2. The van der Waals surface area contributed by atoms with Gasteiger partial charge in [0.15, 0.2) is 5.82 Å². The molecule has 222 valence electrons. The van der Waals surface area contributed by atoms with Crippen LogP contribution in [-0.2, 0) is 25.5 Å². The molecule has 1 fully saturated rings. The van der Waals surface area contributed by atoms with Gasteiger partial charge in [0, 0.05) is 39.9 Å². The van der Waals surface area contributed by atoms with Gasteiger partial charge in [0.2, 0.25) is 0 Å². The number of imidazole rings is 1. The summed E-state index contributed by atoms with van der Waals surface area (Å²) in [4.78, 5) is 47.8. The maximum absolute atomic E-state index is 14.3. The van der Waals surface area contributed by atoms with Crippen LogP contribution in [0.5, 0.6) is 0 Å². The van der Waals surface area contributed by atoms with E-state index in [9.17, 15) is 18.8 Å². The van der Waals surface area contributed by atoms with Crippen molar-refractivity contribution < 1.29 is 33.0 Å². The molecule has 10 nitrogen and oxygen atoms in total. The summed E-state index contributed by atoms with van der Waals surface area (Å²) in [6, 6.07) is 3.79. The number of carbonyl (C=O) groups is 3. The van der Waals surface area contributed by atoms with Gasteiger partial charge in [-0.15, -0.1) is 0 Å². The molecule has 0 saturated carbocycles. The van der Waals surface area contributed by atoms with Gasteiger partial charge in [-0.2, -0.15) is 0 Å². The molecule has 11 heteroatoms. The number of methoxy groups -OCH3 is 2. The van der Waals surface area contributed by atoms with Crippen molar-refractivity contribution in [2.75, 3.05) is 40.5 Å². The van der Waals surface area contributed by atoms with Crippen molar-refractivity contribution in [1.29, 1.82) is 0 Å². The molecule has 1 aliphatic rings. The molecule has 1 aliphatic heterocycles. The minimum Gasteiger partial charge on any atom is -0.469 e. The Kier molecular flexibility index (Phi) is 10.5. The normalized spacial score (nSPS) is 17.8.